The zero-order chi connectivity index (χ0) is 14.5. The smallest absolute Gasteiger partial charge is 0.0827 e. The first-order valence-corrected chi connectivity index (χ1v) is 7.01. The molecule has 1 aromatic carbocycles. The van der Waals surface area contributed by atoms with E-state index in [1.165, 1.54) is 0 Å². The van der Waals surface area contributed by atoms with Gasteiger partial charge in [-0.1, -0.05) is 44.2 Å². The molecule has 0 bridgehead atoms. The van der Waals surface area contributed by atoms with E-state index < -0.39 is 11.7 Å². The summed E-state index contributed by atoms with van der Waals surface area (Å²) in [4.78, 5) is 2.18. The van der Waals surface area contributed by atoms with Crippen LogP contribution in [0.1, 0.15) is 39.4 Å². The van der Waals surface area contributed by atoms with Crippen LogP contribution in [0.4, 0.5) is 0 Å². The molecular formula is C16H27NO2. The van der Waals surface area contributed by atoms with Crippen LogP contribution in [0, 0.1) is 5.92 Å². The Labute approximate surface area is 116 Å². The summed E-state index contributed by atoms with van der Waals surface area (Å²) in [5, 5.41) is 20.2. The quantitative estimate of drug-likeness (QED) is 0.796. The van der Waals surface area contributed by atoms with Gasteiger partial charge in [-0.3, -0.25) is 0 Å². The van der Waals surface area contributed by atoms with Crippen molar-refractivity contribution in [2.45, 2.75) is 39.4 Å². The lowest BCUT2D eigenvalue weighted by Gasteiger charge is -2.31. The van der Waals surface area contributed by atoms with E-state index in [1.807, 2.05) is 51.1 Å². The summed E-state index contributed by atoms with van der Waals surface area (Å²) in [7, 11) is 0. The van der Waals surface area contributed by atoms with Crippen molar-refractivity contribution in [1.82, 2.24) is 4.90 Å². The molecule has 0 saturated carbocycles. The number of hydrogen-bond donors (Lipinski definition) is 2. The minimum absolute atomic E-state index is 0.129. The Morgan fingerprint density at radius 1 is 1.21 bits per heavy atom. The van der Waals surface area contributed by atoms with Gasteiger partial charge in [0.1, 0.15) is 0 Å². The highest BCUT2D eigenvalue weighted by atomic mass is 16.3. The second kappa shape index (κ2) is 7.04. The fraction of sp³-hybridized carbons (Fsp3) is 0.625. The minimum atomic E-state index is -0.701. The van der Waals surface area contributed by atoms with Crippen molar-refractivity contribution in [3.63, 3.8) is 0 Å². The van der Waals surface area contributed by atoms with Gasteiger partial charge in [-0.05, 0) is 31.9 Å². The summed E-state index contributed by atoms with van der Waals surface area (Å²) in [5.41, 5.74) is 0.252. The molecule has 2 unspecified atom stereocenters. The third kappa shape index (κ3) is 5.72. The van der Waals surface area contributed by atoms with Crippen LogP contribution < -0.4 is 0 Å². The second-order valence-corrected chi connectivity index (χ2v) is 5.97. The van der Waals surface area contributed by atoms with Crippen molar-refractivity contribution in [1.29, 1.82) is 0 Å². The number of aliphatic hydroxyl groups excluding tert-OH is 1. The van der Waals surface area contributed by atoms with Gasteiger partial charge in [-0.15, -0.1) is 0 Å². The largest absolute Gasteiger partial charge is 0.389 e. The number of aliphatic hydroxyl groups is 2. The predicted molar refractivity (Wildman–Crippen MR) is 79.0 cm³/mol. The maximum atomic E-state index is 10.3. The fourth-order valence-electron chi connectivity index (χ4n) is 2.34. The van der Waals surface area contributed by atoms with Gasteiger partial charge in [0.2, 0.25) is 0 Å². The number of likely N-dealkylation sites (N-methyl/N-ethyl adjacent to an activating group) is 1. The minimum Gasteiger partial charge on any atom is -0.389 e. The van der Waals surface area contributed by atoms with Crippen LogP contribution >= 0.6 is 0 Å². The molecule has 0 aliphatic rings. The van der Waals surface area contributed by atoms with Crippen molar-refractivity contribution in [2.24, 2.45) is 5.92 Å². The molecule has 3 nitrogen and oxygen atoms in total. The van der Waals surface area contributed by atoms with Gasteiger partial charge in [-0.2, -0.15) is 0 Å². The topological polar surface area (TPSA) is 43.7 Å². The predicted octanol–water partition coefficient (Wildman–Crippen LogP) is 2.45. The van der Waals surface area contributed by atoms with Crippen LogP contribution in [0.2, 0.25) is 0 Å². The number of benzene rings is 1. The Bertz CT molecular complexity index is 359. The normalized spacial score (nSPS) is 15.5. The van der Waals surface area contributed by atoms with Gasteiger partial charge in [-0.25, -0.2) is 0 Å². The molecule has 0 amide bonds. The van der Waals surface area contributed by atoms with E-state index in [1.54, 1.807) is 0 Å². The van der Waals surface area contributed by atoms with Crippen LogP contribution in [0.3, 0.4) is 0 Å². The lowest BCUT2D eigenvalue weighted by molar-refractivity contribution is 0.0204. The second-order valence-electron chi connectivity index (χ2n) is 5.97. The molecule has 0 fully saturated rings. The first kappa shape index (κ1) is 16.2. The Morgan fingerprint density at radius 2 is 1.79 bits per heavy atom. The third-order valence-corrected chi connectivity index (χ3v) is 3.28. The molecule has 0 heterocycles. The Balaban J connectivity index is 2.60. The van der Waals surface area contributed by atoms with E-state index in [0.717, 1.165) is 18.7 Å². The number of nitrogens with zero attached hydrogens (tertiary/aromatic N) is 1. The molecule has 2 atom stereocenters. The molecule has 0 aliphatic carbocycles. The molecule has 0 saturated heterocycles. The van der Waals surface area contributed by atoms with Crippen molar-refractivity contribution in [3.8, 4) is 0 Å². The van der Waals surface area contributed by atoms with Crippen LogP contribution in [0.15, 0.2) is 30.3 Å². The first-order chi connectivity index (χ1) is 8.83. The fourth-order valence-corrected chi connectivity index (χ4v) is 2.34. The van der Waals surface area contributed by atoms with Crippen molar-refractivity contribution >= 4 is 0 Å². The van der Waals surface area contributed by atoms with Crippen LogP contribution in [-0.4, -0.2) is 40.3 Å². The van der Waals surface area contributed by atoms with E-state index >= 15 is 0 Å². The highest BCUT2D eigenvalue weighted by Crippen LogP contribution is 2.22. The van der Waals surface area contributed by atoms with E-state index in [2.05, 4.69) is 11.8 Å². The van der Waals surface area contributed by atoms with E-state index in [4.69, 9.17) is 0 Å². The Morgan fingerprint density at radius 3 is 2.26 bits per heavy atom. The van der Waals surface area contributed by atoms with Crippen LogP contribution in [0.5, 0.6) is 0 Å². The number of hydrogen-bond acceptors (Lipinski definition) is 3. The maximum Gasteiger partial charge on any atom is 0.0827 e. The molecule has 0 aliphatic heterocycles. The average Bonchev–Trinajstić information content (AvgIpc) is 2.36. The van der Waals surface area contributed by atoms with Gasteiger partial charge in [0.05, 0.1) is 11.7 Å². The van der Waals surface area contributed by atoms with Crippen molar-refractivity contribution in [2.75, 3.05) is 19.6 Å². The number of rotatable bonds is 7. The van der Waals surface area contributed by atoms with Gasteiger partial charge in [0.15, 0.2) is 0 Å². The molecule has 0 spiro atoms. The lowest BCUT2D eigenvalue weighted by Crippen LogP contribution is -2.41. The monoisotopic (exact) mass is 265 g/mol. The zero-order valence-electron chi connectivity index (χ0n) is 12.5. The first-order valence-electron chi connectivity index (χ1n) is 7.01. The summed E-state index contributed by atoms with van der Waals surface area (Å²) in [5.74, 6) is 0.129. The summed E-state index contributed by atoms with van der Waals surface area (Å²) in [6.45, 7) is 10.0. The van der Waals surface area contributed by atoms with E-state index in [-0.39, 0.29) is 5.92 Å². The molecule has 19 heavy (non-hydrogen) atoms. The molecule has 0 radical (unpaired) electrons. The van der Waals surface area contributed by atoms with Crippen LogP contribution in [0.25, 0.3) is 0 Å². The van der Waals surface area contributed by atoms with Gasteiger partial charge < -0.3 is 15.1 Å². The maximum absolute atomic E-state index is 10.3. The summed E-state index contributed by atoms with van der Waals surface area (Å²) in [6, 6.07) is 9.74. The highest BCUT2D eigenvalue weighted by molar-refractivity contribution is 5.17. The summed E-state index contributed by atoms with van der Waals surface area (Å²) >= 11 is 0. The molecule has 1 rings (SSSR count). The molecule has 2 N–H and O–H groups in total. The van der Waals surface area contributed by atoms with Crippen molar-refractivity contribution < 1.29 is 10.2 Å². The zero-order valence-corrected chi connectivity index (χ0v) is 12.5. The molecular weight excluding hydrogens is 238 g/mol. The molecule has 1 aromatic rings. The van der Waals surface area contributed by atoms with Gasteiger partial charge in [0.25, 0.3) is 0 Å². The van der Waals surface area contributed by atoms with Gasteiger partial charge in [0, 0.05) is 13.1 Å². The molecule has 0 aromatic heterocycles. The van der Waals surface area contributed by atoms with Gasteiger partial charge >= 0.3 is 0 Å². The van der Waals surface area contributed by atoms with Crippen molar-refractivity contribution in [3.05, 3.63) is 35.9 Å². The van der Waals surface area contributed by atoms with Crippen LogP contribution in [-0.2, 0) is 0 Å². The Kier molecular flexibility index (Phi) is 5.98. The lowest BCUT2D eigenvalue weighted by atomic mass is 9.96. The Hall–Kier alpha value is -0.900. The average molecular weight is 265 g/mol. The highest BCUT2D eigenvalue weighted by Gasteiger charge is 2.22. The standard InChI is InChI=1S/C16H27NO2/c1-5-17(12-16(3,4)19)11-13(2)15(18)14-9-7-6-8-10-14/h6-10,13,15,18-19H,5,11-12H2,1-4H3. The summed E-state index contributed by atoms with van der Waals surface area (Å²) < 4.78 is 0. The third-order valence-electron chi connectivity index (χ3n) is 3.28. The molecule has 3 heteroatoms. The SMILES string of the molecule is CCN(CC(C)C(O)c1ccccc1)CC(C)(C)O. The molecule has 108 valence electrons. The van der Waals surface area contributed by atoms with E-state index in [9.17, 15) is 10.2 Å². The summed E-state index contributed by atoms with van der Waals surface area (Å²) in [6.07, 6.45) is -0.461. The van der Waals surface area contributed by atoms with E-state index in [0.29, 0.717) is 6.54 Å².